The van der Waals surface area contributed by atoms with Crippen LogP contribution in [0.15, 0.2) is 48.5 Å². The van der Waals surface area contributed by atoms with Crippen LogP contribution in [-0.2, 0) is 22.6 Å². The third-order valence-electron chi connectivity index (χ3n) is 4.18. The molecule has 0 bridgehead atoms. The largest absolute Gasteiger partial charge is 0.497 e. The highest BCUT2D eigenvalue weighted by molar-refractivity contribution is 5.56. The molecule has 0 aliphatic carbocycles. The molecule has 0 heterocycles. The van der Waals surface area contributed by atoms with Crippen LogP contribution < -0.4 is 9.47 Å². The van der Waals surface area contributed by atoms with Crippen LogP contribution in [0.2, 0.25) is 0 Å². The number of aldehydes is 1. The van der Waals surface area contributed by atoms with Crippen molar-refractivity contribution in [3.8, 4) is 11.5 Å². The fourth-order valence-electron chi connectivity index (χ4n) is 2.75. The highest BCUT2D eigenvalue weighted by Gasteiger charge is 2.29. The third-order valence-corrected chi connectivity index (χ3v) is 4.18. The molecular formula is C21H24F3NO4. The van der Waals surface area contributed by atoms with Crippen molar-refractivity contribution in [2.75, 3.05) is 27.4 Å². The fourth-order valence-corrected chi connectivity index (χ4v) is 2.75. The van der Waals surface area contributed by atoms with E-state index in [0.717, 1.165) is 11.1 Å². The van der Waals surface area contributed by atoms with E-state index in [2.05, 4.69) is 0 Å². The zero-order chi connectivity index (χ0) is 21.3. The molecule has 0 radical (unpaired) electrons. The molecule has 5 nitrogen and oxygen atoms in total. The summed E-state index contributed by atoms with van der Waals surface area (Å²) in [7, 11) is 3.13. The summed E-state index contributed by atoms with van der Waals surface area (Å²) in [5.74, 6) is 1.41. The van der Waals surface area contributed by atoms with Crippen LogP contribution in [0.25, 0.3) is 0 Å². The van der Waals surface area contributed by atoms with Crippen molar-refractivity contribution in [1.29, 1.82) is 0 Å². The number of halogens is 3. The van der Waals surface area contributed by atoms with Crippen molar-refractivity contribution in [3.63, 3.8) is 0 Å². The average Bonchev–Trinajstić information content (AvgIpc) is 2.71. The van der Waals surface area contributed by atoms with Gasteiger partial charge in [-0.05, 0) is 35.4 Å². The molecule has 0 saturated heterocycles. The van der Waals surface area contributed by atoms with Crippen LogP contribution in [0.1, 0.15) is 11.1 Å². The molecule has 0 N–H and O–H groups in total. The van der Waals surface area contributed by atoms with Crippen LogP contribution in [0.4, 0.5) is 13.2 Å². The van der Waals surface area contributed by atoms with Crippen molar-refractivity contribution in [2.24, 2.45) is 0 Å². The summed E-state index contributed by atoms with van der Waals surface area (Å²) in [5, 5.41) is 0. The molecule has 29 heavy (non-hydrogen) atoms. The quantitative estimate of drug-likeness (QED) is 0.526. The number of alkyl halides is 3. The van der Waals surface area contributed by atoms with Gasteiger partial charge in [0.25, 0.3) is 0 Å². The second-order valence-corrected chi connectivity index (χ2v) is 6.47. The van der Waals surface area contributed by atoms with Crippen molar-refractivity contribution in [1.82, 2.24) is 4.90 Å². The minimum atomic E-state index is -4.49. The summed E-state index contributed by atoms with van der Waals surface area (Å²) in [6, 6.07) is 14.7. The zero-order valence-corrected chi connectivity index (χ0v) is 16.3. The molecule has 0 aliphatic heterocycles. The molecule has 8 heteroatoms. The van der Waals surface area contributed by atoms with E-state index in [4.69, 9.17) is 14.2 Å². The minimum Gasteiger partial charge on any atom is -0.497 e. The number of ether oxygens (including phenoxy) is 3. The highest BCUT2D eigenvalue weighted by atomic mass is 19.4. The van der Waals surface area contributed by atoms with Crippen molar-refractivity contribution in [3.05, 3.63) is 59.7 Å². The molecule has 2 rings (SSSR count). The lowest BCUT2D eigenvalue weighted by molar-refractivity contribution is -0.185. The smallest absolute Gasteiger partial charge is 0.411 e. The maximum absolute atomic E-state index is 12.4. The van der Waals surface area contributed by atoms with Gasteiger partial charge in [-0.15, -0.1) is 0 Å². The number of carbonyl (C=O) groups excluding carboxylic acids is 1. The number of methoxy groups -OCH3 is 2. The van der Waals surface area contributed by atoms with Gasteiger partial charge >= 0.3 is 6.18 Å². The Hall–Kier alpha value is -2.58. The van der Waals surface area contributed by atoms with Gasteiger partial charge < -0.3 is 19.0 Å². The number of benzene rings is 2. The lowest BCUT2D eigenvalue weighted by Crippen LogP contribution is -2.36. The topological polar surface area (TPSA) is 48.0 Å². The Kier molecular flexibility index (Phi) is 8.48. The second-order valence-electron chi connectivity index (χ2n) is 6.47. The van der Waals surface area contributed by atoms with Crippen LogP contribution >= 0.6 is 0 Å². The Bertz CT molecular complexity index is 699. The summed E-state index contributed by atoms with van der Waals surface area (Å²) in [5.41, 5.74) is 1.86. The Morgan fingerprint density at radius 3 is 1.69 bits per heavy atom. The maximum Gasteiger partial charge on any atom is 0.411 e. The first-order chi connectivity index (χ1) is 13.8. The second kappa shape index (κ2) is 10.8. The standard InChI is InChI=1S/C21H24F3NO4/c1-27-18-7-3-16(4-8-18)11-25(12-17-5-9-19(28-2)10-6-17)13-20(14-26)29-15-21(22,23)24/h3-10,14,20H,11-13,15H2,1-2H3. The predicted octanol–water partition coefficient (Wildman–Crippen LogP) is 3.85. The molecular weight excluding hydrogens is 387 g/mol. The van der Waals surface area contributed by atoms with Gasteiger partial charge in [0, 0.05) is 19.6 Å². The SMILES string of the molecule is COc1ccc(CN(Cc2ccc(OC)cc2)CC(C=O)OCC(F)(F)F)cc1. The van der Waals surface area contributed by atoms with E-state index in [0.29, 0.717) is 30.9 Å². The van der Waals surface area contributed by atoms with E-state index in [1.807, 2.05) is 29.2 Å². The summed E-state index contributed by atoms with van der Waals surface area (Å²) in [6.07, 6.45) is -5.27. The van der Waals surface area contributed by atoms with Gasteiger partial charge in [-0.3, -0.25) is 4.90 Å². The molecule has 0 aromatic heterocycles. The molecule has 1 unspecified atom stereocenters. The molecule has 0 amide bonds. The monoisotopic (exact) mass is 411 g/mol. The van der Waals surface area contributed by atoms with Gasteiger partial charge in [0.15, 0.2) is 0 Å². The Morgan fingerprint density at radius 2 is 1.34 bits per heavy atom. The normalized spacial score (nSPS) is 12.6. The van der Waals surface area contributed by atoms with E-state index in [9.17, 15) is 18.0 Å². The lowest BCUT2D eigenvalue weighted by Gasteiger charge is -2.26. The lowest BCUT2D eigenvalue weighted by atomic mass is 10.1. The predicted molar refractivity (Wildman–Crippen MR) is 102 cm³/mol. The molecule has 1 atom stereocenters. The molecule has 0 spiro atoms. The highest BCUT2D eigenvalue weighted by Crippen LogP contribution is 2.19. The average molecular weight is 411 g/mol. The number of rotatable bonds is 11. The number of hydrogen-bond acceptors (Lipinski definition) is 5. The van der Waals surface area contributed by atoms with Crippen molar-refractivity contribution < 1.29 is 32.2 Å². The van der Waals surface area contributed by atoms with Crippen LogP contribution in [0, 0.1) is 0 Å². The minimum absolute atomic E-state index is 0.0254. The van der Waals surface area contributed by atoms with Gasteiger partial charge in [-0.1, -0.05) is 24.3 Å². The summed E-state index contributed by atoms with van der Waals surface area (Å²) in [4.78, 5) is 13.1. The van der Waals surface area contributed by atoms with Crippen LogP contribution in [0.3, 0.4) is 0 Å². The van der Waals surface area contributed by atoms with E-state index < -0.39 is 18.9 Å². The van der Waals surface area contributed by atoms with Gasteiger partial charge in [0.2, 0.25) is 0 Å². The van der Waals surface area contributed by atoms with Crippen LogP contribution in [-0.4, -0.2) is 50.8 Å². The van der Waals surface area contributed by atoms with Crippen molar-refractivity contribution >= 4 is 6.29 Å². The van der Waals surface area contributed by atoms with E-state index in [1.165, 1.54) is 0 Å². The molecule has 0 aliphatic rings. The molecule has 0 saturated carbocycles. The van der Waals surface area contributed by atoms with E-state index >= 15 is 0 Å². The maximum atomic E-state index is 12.4. The molecule has 158 valence electrons. The summed E-state index contributed by atoms with van der Waals surface area (Å²) in [6.45, 7) is -0.585. The van der Waals surface area contributed by atoms with E-state index in [-0.39, 0.29) is 6.54 Å². The van der Waals surface area contributed by atoms with E-state index in [1.54, 1.807) is 38.5 Å². The first-order valence-electron chi connectivity index (χ1n) is 8.95. The van der Waals surface area contributed by atoms with Crippen molar-refractivity contribution in [2.45, 2.75) is 25.4 Å². The number of nitrogens with zero attached hydrogens (tertiary/aromatic N) is 1. The van der Waals surface area contributed by atoms with Gasteiger partial charge in [-0.25, -0.2) is 0 Å². The summed E-state index contributed by atoms with van der Waals surface area (Å²) < 4.78 is 52.4. The molecule has 2 aromatic carbocycles. The first-order valence-corrected chi connectivity index (χ1v) is 8.95. The van der Waals surface area contributed by atoms with Gasteiger partial charge in [-0.2, -0.15) is 13.2 Å². The number of hydrogen-bond donors (Lipinski definition) is 0. The van der Waals surface area contributed by atoms with Crippen LogP contribution in [0.5, 0.6) is 11.5 Å². The summed E-state index contributed by atoms with van der Waals surface area (Å²) >= 11 is 0. The number of carbonyl (C=O) groups is 1. The van der Waals surface area contributed by atoms with Gasteiger partial charge in [0.05, 0.1) is 14.2 Å². The Morgan fingerprint density at radius 1 is 0.897 bits per heavy atom. The zero-order valence-electron chi connectivity index (χ0n) is 16.3. The Labute approximate surface area is 168 Å². The Balaban J connectivity index is 2.12. The fraction of sp³-hybridized carbons (Fsp3) is 0.381. The van der Waals surface area contributed by atoms with Gasteiger partial charge in [0.1, 0.15) is 30.5 Å². The molecule has 2 aromatic rings. The third kappa shape index (κ3) is 8.13. The first kappa shape index (κ1) is 22.7. The molecule has 0 fully saturated rings.